The van der Waals surface area contributed by atoms with E-state index < -0.39 is 16.4 Å². The molecule has 2 unspecified atom stereocenters. The summed E-state index contributed by atoms with van der Waals surface area (Å²) in [5.74, 6) is -0.863. The van der Waals surface area contributed by atoms with Gasteiger partial charge in [-0.05, 0) is 12.1 Å². The molecular weight excluding hydrogens is 280 g/mol. The highest BCUT2D eigenvalue weighted by Gasteiger charge is 2.36. The lowest BCUT2D eigenvalue weighted by Gasteiger charge is -2.15. The van der Waals surface area contributed by atoms with E-state index in [2.05, 4.69) is 0 Å². The number of nitro groups is 1. The predicted molar refractivity (Wildman–Crippen MR) is 72.3 cm³/mol. The predicted octanol–water partition coefficient (Wildman–Crippen LogP) is 0.786. The first-order valence-electron chi connectivity index (χ1n) is 6.30. The van der Waals surface area contributed by atoms with E-state index in [-0.39, 0.29) is 23.7 Å². The number of phenolic OH excluding ortho intramolecular Hbond substituents is 1. The smallest absolute Gasteiger partial charge is 0.310 e. The summed E-state index contributed by atoms with van der Waals surface area (Å²) < 4.78 is 10.5. The van der Waals surface area contributed by atoms with Crippen LogP contribution in [0.1, 0.15) is 10.4 Å². The lowest BCUT2D eigenvalue weighted by atomic mass is 10.1. The van der Waals surface area contributed by atoms with E-state index in [1.165, 1.54) is 11.0 Å². The van der Waals surface area contributed by atoms with Gasteiger partial charge in [0.15, 0.2) is 5.75 Å². The standard InChI is InChI=1S/C13H16N2O6/c1-20-11-6-14(7-12(11)21-2)13(17)8-3-4-9(15(18)19)10(16)5-8/h3-5,11-12,16H,6-7H2,1-2H3. The van der Waals surface area contributed by atoms with Crippen molar-refractivity contribution in [2.45, 2.75) is 12.2 Å². The van der Waals surface area contributed by atoms with E-state index in [0.29, 0.717) is 13.1 Å². The van der Waals surface area contributed by atoms with Crippen molar-refractivity contribution in [1.29, 1.82) is 0 Å². The van der Waals surface area contributed by atoms with Gasteiger partial charge in [0.25, 0.3) is 5.91 Å². The van der Waals surface area contributed by atoms with E-state index in [1.54, 1.807) is 14.2 Å². The number of nitro benzene ring substituents is 1. The Labute approximate surface area is 121 Å². The van der Waals surface area contributed by atoms with Crippen LogP contribution in [0.4, 0.5) is 5.69 Å². The molecule has 21 heavy (non-hydrogen) atoms. The van der Waals surface area contributed by atoms with Gasteiger partial charge in [-0.15, -0.1) is 0 Å². The van der Waals surface area contributed by atoms with E-state index in [1.807, 2.05) is 0 Å². The lowest BCUT2D eigenvalue weighted by molar-refractivity contribution is -0.385. The number of carbonyl (C=O) groups is 1. The third-order valence-electron chi connectivity index (χ3n) is 3.53. The summed E-state index contributed by atoms with van der Waals surface area (Å²) >= 11 is 0. The Balaban J connectivity index is 2.18. The molecule has 1 heterocycles. The summed E-state index contributed by atoms with van der Waals surface area (Å²) in [6, 6.07) is 3.53. The number of carbonyl (C=O) groups excluding carboxylic acids is 1. The van der Waals surface area contributed by atoms with Crippen molar-refractivity contribution < 1.29 is 24.3 Å². The van der Waals surface area contributed by atoms with Gasteiger partial charge in [-0.25, -0.2) is 0 Å². The molecule has 2 rings (SSSR count). The van der Waals surface area contributed by atoms with E-state index >= 15 is 0 Å². The molecule has 0 bridgehead atoms. The normalized spacial score (nSPS) is 21.5. The fourth-order valence-corrected chi connectivity index (χ4v) is 2.36. The van der Waals surface area contributed by atoms with Gasteiger partial charge in [-0.1, -0.05) is 0 Å². The topological polar surface area (TPSA) is 102 Å². The van der Waals surface area contributed by atoms with Gasteiger partial charge in [-0.3, -0.25) is 14.9 Å². The molecule has 0 spiro atoms. The average molecular weight is 296 g/mol. The Morgan fingerprint density at radius 1 is 1.33 bits per heavy atom. The van der Waals surface area contributed by atoms with E-state index in [9.17, 15) is 20.0 Å². The van der Waals surface area contributed by atoms with Crippen LogP contribution in [0.2, 0.25) is 0 Å². The molecule has 1 saturated heterocycles. The Hall–Kier alpha value is -2.19. The minimum Gasteiger partial charge on any atom is -0.502 e. The van der Waals surface area contributed by atoms with Crippen LogP contribution in [-0.4, -0.2) is 60.4 Å². The first-order chi connectivity index (χ1) is 9.97. The van der Waals surface area contributed by atoms with Gasteiger partial charge in [0, 0.05) is 38.9 Å². The summed E-state index contributed by atoms with van der Waals surface area (Å²) in [6.07, 6.45) is -0.434. The van der Waals surface area contributed by atoms with Crippen LogP contribution < -0.4 is 0 Å². The van der Waals surface area contributed by atoms with Crippen LogP contribution in [0.25, 0.3) is 0 Å². The van der Waals surface area contributed by atoms with Crippen LogP contribution in [0.5, 0.6) is 5.75 Å². The maximum atomic E-state index is 12.3. The second-order valence-corrected chi connectivity index (χ2v) is 4.72. The van der Waals surface area contributed by atoms with Gasteiger partial charge >= 0.3 is 5.69 Å². The molecule has 1 aliphatic heterocycles. The number of likely N-dealkylation sites (tertiary alicyclic amines) is 1. The highest BCUT2D eigenvalue weighted by molar-refractivity contribution is 5.95. The molecule has 0 saturated carbocycles. The second kappa shape index (κ2) is 6.06. The molecular formula is C13H16N2O6. The number of nitrogens with zero attached hydrogens (tertiary/aromatic N) is 2. The number of amides is 1. The number of ether oxygens (including phenoxy) is 2. The number of phenols is 1. The van der Waals surface area contributed by atoms with Gasteiger partial charge < -0.3 is 19.5 Å². The van der Waals surface area contributed by atoms with Crippen molar-refractivity contribution in [3.05, 3.63) is 33.9 Å². The zero-order valence-electron chi connectivity index (χ0n) is 11.7. The monoisotopic (exact) mass is 296 g/mol. The van der Waals surface area contributed by atoms with Gasteiger partial charge in [0.05, 0.1) is 4.92 Å². The third-order valence-corrected chi connectivity index (χ3v) is 3.53. The molecule has 1 aromatic rings. The van der Waals surface area contributed by atoms with Crippen molar-refractivity contribution in [3.63, 3.8) is 0 Å². The fraction of sp³-hybridized carbons (Fsp3) is 0.462. The van der Waals surface area contributed by atoms with Gasteiger partial charge in [0.1, 0.15) is 12.2 Å². The summed E-state index contributed by atoms with van der Waals surface area (Å²) in [5.41, 5.74) is -0.248. The van der Waals surface area contributed by atoms with Crippen LogP contribution in [-0.2, 0) is 9.47 Å². The molecule has 1 aliphatic rings. The maximum Gasteiger partial charge on any atom is 0.310 e. The minimum absolute atomic E-state index is 0.185. The molecule has 0 aromatic heterocycles. The molecule has 1 aromatic carbocycles. The molecule has 1 N–H and O–H groups in total. The summed E-state index contributed by atoms with van der Waals surface area (Å²) in [7, 11) is 3.09. The van der Waals surface area contributed by atoms with Gasteiger partial charge in [-0.2, -0.15) is 0 Å². The van der Waals surface area contributed by atoms with E-state index in [0.717, 1.165) is 12.1 Å². The van der Waals surface area contributed by atoms with Gasteiger partial charge in [0.2, 0.25) is 0 Å². The summed E-state index contributed by atoms with van der Waals surface area (Å²) in [4.78, 5) is 23.8. The number of benzene rings is 1. The summed E-state index contributed by atoms with van der Waals surface area (Å²) in [5, 5.41) is 20.2. The Bertz CT molecular complexity index is 550. The zero-order chi connectivity index (χ0) is 15.6. The van der Waals surface area contributed by atoms with Crippen molar-refractivity contribution in [2.75, 3.05) is 27.3 Å². The van der Waals surface area contributed by atoms with E-state index in [4.69, 9.17) is 9.47 Å². The SMILES string of the molecule is COC1CN(C(=O)c2ccc([N+](=O)[O-])c(O)c2)CC1OC. The molecule has 0 radical (unpaired) electrons. The molecule has 1 amide bonds. The Morgan fingerprint density at radius 2 is 1.90 bits per heavy atom. The number of rotatable bonds is 4. The molecule has 2 atom stereocenters. The zero-order valence-corrected chi connectivity index (χ0v) is 11.7. The molecule has 1 fully saturated rings. The largest absolute Gasteiger partial charge is 0.502 e. The van der Waals surface area contributed by atoms with Crippen molar-refractivity contribution >= 4 is 11.6 Å². The average Bonchev–Trinajstić information content (AvgIpc) is 2.89. The van der Waals surface area contributed by atoms with Crippen LogP contribution >= 0.6 is 0 Å². The molecule has 8 nitrogen and oxygen atoms in total. The lowest BCUT2D eigenvalue weighted by Crippen LogP contribution is -2.30. The number of aromatic hydroxyl groups is 1. The van der Waals surface area contributed by atoms with Crippen molar-refractivity contribution in [3.8, 4) is 5.75 Å². The molecule has 114 valence electrons. The molecule has 8 heteroatoms. The summed E-state index contributed by atoms with van der Waals surface area (Å²) in [6.45, 7) is 0.733. The quantitative estimate of drug-likeness (QED) is 0.651. The number of hydrogen-bond donors (Lipinski definition) is 1. The van der Waals surface area contributed by atoms with Crippen LogP contribution in [0.3, 0.4) is 0 Å². The highest BCUT2D eigenvalue weighted by Crippen LogP contribution is 2.27. The fourth-order valence-electron chi connectivity index (χ4n) is 2.36. The maximum absolute atomic E-state index is 12.3. The Morgan fingerprint density at radius 3 is 2.33 bits per heavy atom. The van der Waals surface area contributed by atoms with Crippen LogP contribution in [0, 0.1) is 10.1 Å². The number of methoxy groups -OCH3 is 2. The first-order valence-corrected chi connectivity index (χ1v) is 6.30. The first kappa shape index (κ1) is 15.2. The van der Waals surface area contributed by atoms with Crippen molar-refractivity contribution in [2.24, 2.45) is 0 Å². The van der Waals surface area contributed by atoms with Crippen LogP contribution in [0.15, 0.2) is 18.2 Å². The number of hydrogen-bond acceptors (Lipinski definition) is 6. The second-order valence-electron chi connectivity index (χ2n) is 4.72. The molecule has 0 aliphatic carbocycles. The third kappa shape index (κ3) is 2.96. The highest BCUT2D eigenvalue weighted by atomic mass is 16.6. The van der Waals surface area contributed by atoms with Crippen molar-refractivity contribution in [1.82, 2.24) is 4.90 Å². The Kier molecular flexibility index (Phi) is 4.39. The minimum atomic E-state index is -0.707.